The van der Waals surface area contributed by atoms with E-state index < -0.39 is 12.1 Å². The third-order valence-electron chi connectivity index (χ3n) is 15.3. The molecular weight excluding hydrogens is 939 g/mol. The molecule has 0 bridgehead atoms. The van der Waals surface area contributed by atoms with E-state index in [0.717, 1.165) is 70.6 Å². The Morgan fingerprint density at radius 1 is 0.325 bits per heavy atom. The Hall–Kier alpha value is -2.69. The molecule has 0 heterocycles. The van der Waals surface area contributed by atoms with Crippen LogP contribution >= 0.6 is 0 Å². The zero-order valence-electron chi connectivity index (χ0n) is 51.5. The van der Waals surface area contributed by atoms with Gasteiger partial charge in [-0.05, 0) is 89.9 Å². The van der Waals surface area contributed by atoms with E-state index in [1.165, 1.54) is 250 Å². The first kappa shape index (κ1) is 74.3. The summed E-state index contributed by atoms with van der Waals surface area (Å²) in [5.41, 5.74) is 0. The number of allylic oxidation sites excluding steroid dienone is 15. The number of hydrogen-bond acceptors (Lipinski definition) is 3. The molecule has 0 aromatic rings. The van der Waals surface area contributed by atoms with Crippen LogP contribution in [0.2, 0.25) is 0 Å². The molecule has 0 aliphatic carbocycles. The Kier molecular flexibility index (Phi) is 65.2. The quantitative estimate of drug-likeness (QED) is 0.0420. The maximum absolute atomic E-state index is 12.5. The minimum absolute atomic E-state index is 0.0741. The molecule has 3 N–H and O–H groups in total. The van der Waals surface area contributed by atoms with Gasteiger partial charge in [0.2, 0.25) is 5.91 Å². The van der Waals surface area contributed by atoms with Gasteiger partial charge in [0.25, 0.3) is 0 Å². The molecule has 0 aliphatic heterocycles. The number of amides is 1. The van der Waals surface area contributed by atoms with Crippen molar-refractivity contribution in [2.75, 3.05) is 6.61 Å². The van der Waals surface area contributed by atoms with Gasteiger partial charge < -0.3 is 15.5 Å². The molecule has 446 valence electrons. The van der Waals surface area contributed by atoms with E-state index in [0.29, 0.717) is 6.42 Å². The molecule has 77 heavy (non-hydrogen) atoms. The van der Waals surface area contributed by atoms with E-state index >= 15 is 0 Å². The highest BCUT2D eigenvalue weighted by atomic mass is 16.3. The average Bonchev–Trinajstić information content (AvgIpc) is 3.43. The second kappa shape index (κ2) is 67.6. The molecule has 0 saturated heterocycles. The van der Waals surface area contributed by atoms with Crippen molar-refractivity contribution in [3.05, 3.63) is 97.2 Å². The zero-order valence-corrected chi connectivity index (χ0v) is 51.5. The van der Waals surface area contributed by atoms with Crippen LogP contribution in [0.1, 0.15) is 341 Å². The predicted octanol–water partition coefficient (Wildman–Crippen LogP) is 23.2. The van der Waals surface area contributed by atoms with E-state index in [9.17, 15) is 15.0 Å². The number of rotatable bonds is 62. The first-order valence-corrected chi connectivity index (χ1v) is 34.0. The summed E-state index contributed by atoms with van der Waals surface area (Å²) in [5, 5.41) is 23.2. The Balaban J connectivity index is 3.49. The molecule has 0 aromatic heterocycles. The molecule has 2 unspecified atom stereocenters. The van der Waals surface area contributed by atoms with E-state index in [1.54, 1.807) is 6.08 Å². The van der Waals surface area contributed by atoms with Crippen LogP contribution < -0.4 is 5.32 Å². The van der Waals surface area contributed by atoms with Crippen molar-refractivity contribution in [1.82, 2.24) is 5.32 Å². The lowest BCUT2D eigenvalue weighted by Gasteiger charge is -2.19. The smallest absolute Gasteiger partial charge is 0.220 e. The third-order valence-corrected chi connectivity index (χ3v) is 15.3. The topological polar surface area (TPSA) is 69.6 Å². The molecule has 2 atom stereocenters. The van der Waals surface area contributed by atoms with Gasteiger partial charge in [0.15, 0.2) is 0 Å². The van der Waals surface area contributed by atoms with Crippen molar-refractivity contribution in [3.63, 3.8) is 0 Å². The molecule has 4 heteroatoms. The first-order valence-electron chi connectivity index (χ1n) is 34.0. The summed E-state index contributed by atoms with van der Waals surface area (Å²) in [5.74, 6) is -0.0741. The summed E-state index contributed by atoms with van der Waals surface area (Å²) in [6.45, 7) is 4.21. The third kappa shape index (κ3) is 64.0. The highest BCUT2D eigenvalue weighted by molar-refractivity contribution is 5.76. The molecular formula is C73H131NO3. The zero-order chi connectivity index (χ0) is 55.5. The number of nitrogens with one attached hydrogen (secondary N) is 1. The average molecular weight is 1070 g/mol. The van der Waals surface area contributed by atoms with Crippen LogP contribution in [0.25, 0.3) is 0 Å². The van der Waals surface area contributed by atoms with Gasteiger partial charge >= 0.3 is 0 Å². The van der Waals surface area contributed by atoms with Gasteiger partial charge in [-0.15, -0.1) is 0 Å². The molecule has 0 spiro atoms. The number of carbonyl (C=O) groups is 1. The van der Waals surface area contributed by atoms with Crippen molar-refractivity contribution < 1.29 is 15.0 Å². The Morgan fingerprint density at radius 2 is 0.584 bits per heavy atom. The van der Waals surface area contributed by atoms with E-state index in [1.807, 2.05) is 6.08 Å². The highest BCUT2D eigenvalue weighted by Gasteiger charge is 2.18. The van der Waals surface area contributed by atoms with Gasteiger partial charge in [-0.1, -0.05) is 342 Å². The maximum atomic E-state index is 12.5. The largest absolute Gasteiger partial charge is 0.394 e. The lowest BCUT2D eigenvalue weighted by Crippen LogP contribution is -2.45. The molecule has 1 amide bonds. The lowest BCUT2D eigenvalue weighted by atomic mass is 10.0. The van der Waals surface area contributed by atoms with Crippen LogP contribution in [-0.4, -0.2) is 34.9 Å². The van der Waals surface area contributed by atoms with Gasteiger partial charge in [0.1, 0.15) is 0 Å². The summed E-state index contributed by atoms with van der Waals surface area (Å²) >= 11 is 0. The van der Waals surface area contributed by atoms with E-state index in [2.05, 4.69) is 104 Å². The number of unbranched alkanes of at least 4 members (excludes halogenated alkanes) is 41. The van der Waals surface area contributed by atoms with Crippen LogP contribution in [-0.2, 0) is 4.79 Å². The standard InChI is InChI=1S/C73H131NO3/c1-3-5-7-9-11-13-15-17-19-21-23-25-27-29-31-32-33-34-35-36-37-38-39-40-41-42-43-45-47-49-51-53-55-57-59-61-63-65-67-69-73(77)74-71(70-75)72(76)68-66-64-62-60-58-56-54-52-50-48-46-44-30-28-26-24-22-20-18-16-14-12-10-8-6-4-2/h5,7,11,13,17,19,23,25,29,31,50,52,58,60,66,68,71-72,75-76H,3-4,6,8-10,12,14-16,18,20-22,24,26-28,30,32-49,51,53-57,59,61-65,67,69-70H2,1-2H3,(H,74,77)/b7-5-,13-11-,19-17-,25-23-,31-29-,52-50+,60-58+,68-66+. The lowest BCUT2D eigenvalue weighted by molar-refractivity contribution is -0.123. The van der Waals surface area contributed by atoms with Crippen LogP contribution in [0, 0.1) is 0 Å². The molecule has 0 aliphatic rings. The van der Waals surface area contributed by atoms with Gasteiger partial charge in [-0.2, -0.15) is 0 Å². The van der Waals surface area contributed by atoms with Gasteiger partial charge in [0.05, 0.1) is 18.8 Å². The van der Waals surface area contributed by atoms with E-state index in [4.69, 9.17) is 0 Å². The summed E-state index contributed by atoms with van der Waals surface area (Å²) < 4.78 is 0. The van der Waals surface area contributed by atoms with Gasteiger partial charge in [0, 0.05) is 6.42 Å². The monoisotopic (exact) mass is 1070 g/mol. The van der Waals surface area contributed by atoms with Crippen LogP contribution in [0.15, 0.2) is 97.2 Å². The summed E-state index contributed by atoms with van der Waals surface area (Å²) in [4.78, 5) is 12.5. The minimum Gasteiger partial charge on any atom is -0.394 e. The van der Waals surface area contributed by atoms with Gasteiger partial charge in [-0.3, -0.25) is 4.79 Å². The summed E-state index contributed by atoms with van der Waals surface area (Å²) in [7, 11) is 0. The predicted molar refractivity (Wildman–Crippen MR) is 345 cm³/mol. The fourth-order valence-corrected chi connectivity index (χ4v) is 10.2. The van der Waals surface area contributed by atoms with Crippen LogP contribution in [0.5, 0.6) is 0 Å². The van der Waals surface area contributed by atoms with Crippen molar-refractivity contribution in [3.8, 4) is 0 Å². The summed E-state index contributed by atoms with van der Waals surface area (Å²) in [6.07, 6.45) is 101. The normalized spacial score (nSPS) is 13.4. The number of carbonyl (C=O) groups excluding carboxylic acids is 1. The molecule has 0 radical (unpaired) electrons. The summed E-state index contributed by atoms with van der Waals surface area (Å²) in [6, 6.07) is -0.650. The first-order chi connectivity index (χ1) is 38.2. The molecule has 0 rings (SSSR count). The van der Waals surface area contributed by atoms with Crippen molar-refractivity contribution in [2.45, 2.75) is 353 Å². The second-order valence-corrected chi connectivity index (χ2v) is 22.8. The van der Waals surface area contributed by atoms with Crippen molar-refractivity contribution in [2.24, 2.45) is 0 Å². The number of aliphatic hydroxyl groups excluding tert-OH is 2. The van der Waals surface area contributed by atoms with E-state index in [-0.39, 0.29) is 12.5 Å². The van der Waals surface area contributed by atoms with Gasteiger partial charge in [-0.25, -0.2) is 0 Å². The van der Waals surface area contributed by atoms with Crippen molar-refractivity contribution in [1.29, 1.82) is 0 Å². The molecule has 0 saturated carbocycles. The molecule has 4 nitrogen and oxygen atoms in total. The minimum atomic E-state index is -0.874. The van der Waals surface area contributed by atoms with Crippen LogP contribution in [0.3, 0.4) is 0 Å². The Labute approximate surface area is 481 Å². The van der Waals surface area contributed by atoms with Crippen molar-refractivity contribution >= 4 is 5.91 Å². The Bertz CT molecular complexity index is 1400. The fraction of sp³-hybridized carbons (Fsp3) is 0.767. The molecule has 0 aromatic carbocycles. The number of aliphatic hydroxyl groups is 2. The highest BCUT2D eigenvalue weighted by Crippen LogP contribution is 2.18. The second-order valence-electron chi connectivity index (χ2n) is 22.8. The Morgan fingerprint density at radius 3 is 0.909 bits per heavy atom. The molecule has 0 fully saturated rings. The van der Waals surface area contributed by atoms with Crippen LogP contribution in [0.4, 0.5) is 0 Å². The number of hydrogen-bond donors (Lipinski definition) is 3. The maximum Gasteiger partial charge on any atom is 0.220 e. The fourth-order valence-electron chi connectivity index (χ4n) is 10.2. The SMILES string of the molecule is CC/C=C\C/C=C\C/C=C\C/C=C\C/C=C\CCCCCCCCCCCCCCCCCCCCCCCCCC(=O)NC(CO)C(O)/C=C/CC/C=C/CC/C=C/CCCCCCCCCCCCCCCCCC.